The summed E-state index contributed by atoms with van der Waals surface area (Å²) in [5, 5.41) is 1.39. The van der Waals surface area contributed by atoms with E-state index in [0.717, 1.165) is 17.0 Å². The van der Waals surface area contributed by atoms with Crippen molar-refractivity contribution in [3.8, 4) is 10.6 Å². The number of thiazole rings is 1. The molecule has 0 aliphatic heterocycles. The number of nitrogens with zero attached hydrogens (tertiary/aromatic N) is 3. The largest absolute Gasteiger partial charge is 0.305 e. The van der Waals surface area contributed by atoms with Crippen LogP contribution in [0, 0.1) is 11.7 Å². The summed E-state index contributed by atoms with van der Waals surface area (Å²) in [6.45, 7) is 1.91. The number of hydrogen-bond donors (Lipinski definition) is 0. The summed E-state index contributed by atoms with van der Waals surface area (Å²) >= 11 is 2.99. The van der Waals surface area contributed by atoms with Crippen molar-refractivity contribution in [2.75, 3.05) is 24.0 Å². The molecule has 0 saturated carbocycles. The van der Waals surface area contributed by atoms with Gasteiger partial charge in [-0.25, -0.2) is 9.37 Å². The van der Waals surface area contributed by atoms with Gasteiger partial charge < -0.3 is 4.90 Å². The van der Waals surface area contributed by atoms with Gasteiger partial charge in [-0.3, -0.25) is 9.78 Å². The molecule has 21 heavy (non-hydrogen) atoms. The lowest BCUT2D eigenvalue weighted by atomic mass is 10.2. The molecule has 0 aliphatic rings. The lowest BCUT2D eigenvalue weighted by Gasteiger charge is -2.18. The highest BCUT2D eigenvalue weighted by Crippen LogP contribution is 2.31. The third-order valence-electron chi connectivity index (χ3n) is 2.94. The van der Waals surface area contributed by atoms with Gasteiger partial charge in [0, 0.05) is 30.5 Å². The Morgan fingerprint density at radius 1 is 1.48 bits per heavy atom. The van der Waals surface area contributed by atoms with Gasteiger partial charge in [-0.05, 0) is 12.3 Å². The van der Waals surface area contributed by atoms with Gasteiger partial charge in [0.05, 0.1) is 12.4 Å². The maximum atomic E-state index is 13.2. The second-order valence-electron chi connectivity index (χ2n) is 4.65. The molecule has 0 radical (unpaired) electrons. The van der Waals surface area contributed by atoms with E-state index in [-0.39, 0.29) is 11.8 Å². The number of amides is 1. The minimum atomic E-state index is -0.401. The molecule has 7 heteroatoms. The number of anilines is 1. The van der Waals surface area contributed by atoms with Gasteiger partial charge >= 0.3 is 0 Å². The van der Waals surface area contributed by atoms with Crippen molar-refractivity contribution in [1.82, 2.24) is 9.97 Å². The fraction of sp³-hybridized carbons (Fsp3) is 0.357. The first kappa shape index (κ1) is 15.9. The molecule has 0 bridgehead atoms. The van der Waals surface area contributed by atoms with Gasteiger partial charge in [0.25, 0.3) is 0 Å². The zero-order valence-electron chi connectivity index (χ0n) is 12.0. The van der Waals surface area contributed by atoms with Crippen molar-refractivity contribution >= 4 is 34.0 Å². The van der Waals surface area contributed by atoms with Crippen molar-refractivity contribution < 1.29 is 9.18 Å². The summed E-state index contributed by atoms with van der Waals surface area (Å²) in [6.07, 6.45) is 6.32. The highest BCUT2D eigenvalue weighted by molar-refractivity contribution is 7.98. The Bertz CT molecular complexity index is 632. The molecule has 0 aromatic carbocycles. The molecule has 0 saturated heterocycles. The molecule has 0 aliphatic carbocycles. The first-order valence-electron chi connectivity index (χ1n) is 6.36. The average Bonchev–Trinajstić information content (AvgIpc) is 2.95. The van der Waals surface area contributed by atoms with Gasteiger partial charge in [0.1, 0.15) is 15.8 Å². The zero-order valence-corrected chi connectivity index (χ0v) is 13.7. The maximum Gasteiger partial charge on any atom is 0.231 e. The molecular weight excluding hydrogens is 309 g/mol. The van der Waals surface area contributed by atoms with E-state index in [1.54, 1.807) is 36.1 Å². The van der Waals surface area contributed by atoms with Gasteiger partial charge in [-0.1, -0.05) is 18.3 Å². The second kappa shape index (κ2) is 7.00. The smallest absolute Gasteiger partial charge is 0.231 e. The molecule has 0 fully saturated rings. The van der Waals surface area contributed by atoms with E-state index in [4.69, 9.17) is 0 Å². The molecule has 2 aromatic heterocycles. The van der Waals surface area contributed by atoms with E-state index in [2.05, 4.69) is 9.97 Å². The van der Waals surface area contributed by atoms with Gasteiger partial charge in [-0.15, -0.1) is 0 Å². The van der Waals surface area contributed by atoms with Crippen LogP contribution in [0.4, 0.5) is 9.39 Å². The van der Waals surface area contributed by atoms with E-state index in [1.165, 1.54) is 17.4 Å². The van der Waals surface area contributed by atoms with Crippen molar-refractivity contribution in [2.45, 2.75) is 6.92 Å². The minimum absolute atomic E-state index is 0.0496. The van der Waals surface area contributed by atoms with Gasteiger partial charge in [0.2, 0.25) is 5.91 Å². The summed E-state index contributed by atoms with van der Waals surface area (Å²) < 4.78 is 13.2. The molecule has 2 aromatic rings. The van der Waals surface area contributed by atoms with E-state index in [9.17, 15) is 9.18 Å². The van der Waals surface area contributed by atoms with Crippen molar-refractivity contribution in [1.29, 1.82) is 0 Å². The van der Waals surface area contributed by atoms with E-state index >= 15 is 0 Å². The van der Waals surface area contributed by atoms with Crippen LogP contribution < -0.4 is 4.90 Å². The summed E-state index contributed by atoms with van der Waals surface area (Å²) in [4.78, 5) is 21.9. The highest BCUT2D eigenvalue weighted by atomic mass is 32.2. The standard InChI is InChI=1S/C14H16FN3OS2/c1-9(8-20-3)14(19)18(2)12-7-17-13(21-12)10-4-11(15)6-16-5-10/h4-7,9H,8H2,1-3H3. The van der Waals surface area contributed by atoms with Crippen LogP contribution in [0.2, 0.25) is 0 Å². The quantitative estimate of drug-likeness (QED) is 0.846. The molecule has 4 nitrogen and oxygen atoms in total. The van der Waals surface area contributed by atoms with E-state index in [1.807, 2.05) is 13.2 Å². The fourth-order valence-electron chi connectivity index (χ4n) is 1.84. The van der Waals surface area contributed by atoms with Crippen molar-refractivity contribution in [3.05, 3.63) is 30.5 Å². The summed E-state index contributed by atoms with van der Waals surface area (Å²) in [5.74, 6) is 0.383. The molecule has 2 heterocycles. The number of hydrogen-bond acceptors (Lipinski definition) is 5. The lowest BCUT2D eigenvalue weighted by Crippen LogP contribution is -2.32. The Labute approximate surface area is 131 Å². The van der Waals surface area contributed by atoms with Crippen molar-refractivity contribution in [3.63, 3.8) is 0 Å². The fourth-order valence-corrected chi connectivity index (χ4v) is 3.35. The van der Waals surface area contributed by atoms with Crippen LogP contribution in [0.25, 0.3) is 10.6 Å². The Kier molecular flexibility index (Phi) is 5.30. The van der Waals surface area contributed by atoms with Crippen LogP contribution in [-0.4, -0.2) is 34.9 Å². The van der Waals surface area contributed by atoms with Gasteiger partial charge in [0.15, 0.2) is 0 Å². The van der Waals surface area contributed by atoms with Crippen molar-refractivity contribution in [2.24, 2.45) is 5.92 Å². The van der Waals surface area contributed by atoms with E-state index in [0.29, 0.717) is 10.6 Å². The van der Waals surface area contributed by atoms with Crippen LogP contribution in [-0.2, 0) is 4.79 Å². The van der Waals surface area contributed by atoms with Crippen LogP contribution in [0.3, 0.4) is 0 Å². The summed E-state index contributed by atoms with van der Waals surface area (Å²) in [6, 6.07) is 1.38. The van der Waals surface area contributed by atoms with Crippen LogP contribution in [0.15, 0.2) is 24.7 Å². The molecule has 112 valence electrons. The number of carbonyl (C=O) groups is 1. The number of pyridine rings is 1. The number of carbonyl (C=O) groups excluding carboxylic acids is 1. The number of thioether (sulfide) groups is 1. The third-order valence-corrected chi connectivity index (χ3v) is 4.90. The van der Waals surface area contributed by atoms with Crippen LogP contribution >= 0.6 is 23.1 Å². The predicted molar refractivity (Wildman–Crippen MR) is 86.3 cm³/mol. The maximum absolute atomic E-state index is 13.2. The van der Waals surface area contributed by atoms with Crippen LogP contribution in [0.5, 0.6) is 0 Å². The summed E-state index contributed by atoms with van der Waals surface area (Å²) in [5.41, 5.74) is 0.615. The molecule has 0 N–H and O–H groups in total. The Balaban J connectivity index is 2.18. The van der Waals surface area contributed by atoms with Crippen LogP contribution in [0.1, 0.15) is 6.92 Å². The Hall–Kier alpha value is -1.47. The highest BCUT2D eigenvalue weighted by Gasteiger charge is 2.20. The summed E-state index contributed by atoms with van der Waals surface area (Å²) in [7, 11) is 1.74. The average molecular weight is 325 g/mol. The SMILES string of the molecule is CSCC(C)C(=O)N(C)c1cnc(-c2cncc(F)c2)s1. The minimum Gasteiger partial charge on any atom is -0.305 e. The number of halogens is 1. The molecule has 2 rings (SSSR count). The predicted octanol–water partition coefficient (Wildman–Crippen LogP) is 3.31. The first-order chi connectivity index (χ1) is 10.0. The first-order valence-corrected chi connectivity index (χ1v) is 8.57. The van der Waals surface area contributed by atoms with E-state index < -0.39 is 5.82 Å². The lowest BCUT2D eigenvalue weighted by molar-refractivity contribution is -0.120. The molecule has 1 unspecified atom stereocenters. The Morgan fingerprint density at radius 2 is 2.24 bits per heavy atom. The topological polar surface area (TPSA) is 46.1 Å². The molecule has 1 atom stereocenters. The zero-order chi connectivity index (χ0) is 15.4. The normalized spacial score (nSPS) is 12.2. The monoisotopic (exact) mass is 325 g/mol. The molecule has 0 spiro atoms. The number of aromatic nitrogens is 2. The second-order valence-corrected chi connectivity index (χ2v) is 6.57. The molecule has 1 amide bonds. The van der Waals surface area contributed by atoms with Gasteiger partial charge in [-0.2, -0.15) is 11.8 Å². The Morgan fingerprint density at radius 3 is 2.90 bits per heavy atom. The molecular formula is C14H16FN3OS2. The number of rotatable bonds is 5. The third kappa shape index (κ3) is 3.79.